The molecule has 0 fully saturated rings. The van der Waals surface area contributed by atoms with Gasteiger partial charge in [-0.1, -0.05) is 62.6 Å². The first-order valence-corrected chi connectivity index (χ1v) is 11.5. The van der Waals surface area contributed by atoms with Crippen LogP contribution in [0.4, 0.5) is 0 Å². The molecule has 0 atom stereocenters. The van der Waals surface area contributed by atoms with Crippen molar-refractivity contribution < 1.29 is 13.9 Å². The molecule has 0 unspecified atom stereocenters. The van der Waals surface area contributed by atoms with Crippen LogP contribution < -0.4 is 0 Å². The number of benzene rings is 3. The molecule has 4 nitrogen and oxygen atoms in total. The van der Waals surface area contributed by atoms with Crippen molar-refractivity contribution in [1.82, 2.24) is 4.98 Å². The van der Waals surface area contributed by atoms with E-state index in [0.29, 0.717) is 29.2 Å². The minimum Gasteiger partial charge on any atom is -0.462 e. The third-order valence-electron chi connectivity index (χ3n) is 5.64. The van der Waals surface area contributed by atoms with Crippen molar-refractivity contribution in [2.75, 3.05) is 6.61 Å². The highest BCUT2D eigenvalue weighted by Crippen LogP contribution is 2.28. The van der Waals surface area contributed by atoms with E-state index in [9.17, 15) is 4.79 Å². The van der Waals surface area contributed by atoms with Crippen LogP contribution in [0.1, 0.15) is 55.5 Å². The summed E-state index contributed by atoms with van der Waals surface area (Å²) in [6, 6.07) is 22.2. The first kappa shape index (κ1) is 21.8. The van der Waals surface area contributed by atoms with Gasteiger partial charge in [0.05, 0.1) is 12.2 Å². The molecule has 0 N–H and O–H groups in total. The highest BCUT2D eigenvalue weighted by atomic mass is 16.5. The van der Waals surface area contributed by atoms with Crippen LogP contribution in [-0.2, 0) is 11.2 Å². The molecule has 32 heavy (non-hydrogen) atoms. The Hall–Kier alpha value is -3.40. The minimum atomic E-state index is -0.352. The largest absolute Gasteiger partial charge is 0.462 e. The molecule has 0 bridgehead atoms. The van der Waals surface area contributed by atoms with Gasteiger partial charge in [-0.05, 0) is 66.8 Å². The Morgan fingerprint density at radius 1 is 0.844 bits per heavy atom. The Morgan fingerprint density at radius 2 is 1.53 bits per heavy atom. The second kappa shape index (κ2) is 10.3. The van der Waals surface area contributed by atoms with E-state index in [-0.39, 0.29) is 5.97 Å². The van der Waals surface area contributed by atoms with Gasteiger partial charge < -0.3 is 9.15 Å². The predicted molar refractivity (Wildman–Crippen MR) is 129 cm³/mol. The molecular formula is C28H29NO3. The third kappa shape index (κ3) is 5.08. The fourth-order valence-electron chi connectivity index (χ4n) is 3.82. The second-order valence-corrected chi connectivity index (χ2v) is 8.01. The molecule has 0 aliphatic heterocycles. The van der Waals surface area contributed by atoms with E-state index in [4.69, 9.17) is 9.15 Å². The van der Waals surface area contributed by atoms with Crippen LogP contribution in [0.2, 0.25) is 0 Å². The van der Waals surface area contributed by atoms with Gasteiger partial charge in [-0.2, -0.15) is 0 Å². The zero-order chi connectivity index (χ0) is 22.3. The van der Waals surface area contributed by atoms with Gasteiger partial charge in [0.15, 0.2) is 5.58 Å². The lowest BCUT2D eigenvalue weighted by Crippen LogP contribution is -2.03. The van der Waals surface area contributed by atoms with Crippen LogP contribution in [0, 0.1) is 0 Å². The van der Waals surface area contributed by atoms with Crippen LogP contribution in [0.3, 0.4) is 0 Å². The van der Waals surface area contributed by atoms with Crippen LogP contribution in [0.15, 0.2) is 71.1 Å². The summed E-state index contributed by atoms with van der Waals surface area (Å²) in [5.74, 6) is 0.185. The third-order valence-corrected chi connectivity index (χ3v) is 5.64. The van der Waals surface area contributed by atoms with Crippen molar-refractivity contribution in [2.45, 2.75) is 46.0 Å². The summed E-state index contributed by atoms with van der Waals surface area (Å²) in [5, 5.41) is 0. The molecule has 3 aromatic carbocycles. The average Bonchev–Trinajstić information content (AvgIpc) is 3.26. The SMILES string of the molecule is CCCCCCc1ccc(-c2ccc(-c3nc4cc(C(=O)OCC)ccc4o3)cc2)cc1. The maximum Gasteiger partial charge on any atom is 0.338 e. The van der Waals surface area contributed by atoms with Gasteiger partial charge in [-0.3, -0.25) is 0 Å². The van der Waals surface area contributed by atoms with E-state index in [0.717, 1.165) is 17.5 Å². The number of oxazole rings is 1. The summed E-state index contributed by atoms with van der Waals surface area (Å²) >= 11 is 0. The van der Waals surface area contributed by atoms with Crippen molar-refractivity contribution in [3.05, 3.63) is 77.9 Å². The summed E-state index contributed by atoms with van der Waals surface area (Å²) in [4.78, 5) is 16.5. The number of aryl methyl sites for hydroxylation is 1. The molecule has 0 saturated heterocycles. The maximum absolute atomic E-state index is 12.0. The molecule has 1 heterocycles. The number of nitrogens with zero attached hydrogens (tertiary/aromatic N) is 1. The van der Waals surface area contributed by atoms with Gasteiger partial charge in [-0.15, -0.1) is 0 Å². The van der Waals surface area contributed by atoms with Gasteiger partial charge in [0.25, 0.3) is 0 Å². The number of carbonyl (C=O) groups excluding carboxylic acids is 1. The standard InChI is InChI=1S/C28H29NO3/c1-3-5-6-7-8-20-9-11-21(12-10-20)22-13-15-23(16-14-22)27-29-25-19-24(28(30)31-4-2)17-18-26(25)32-27/h9-19H,3-8H2,1-2H3. The molecule has 4 rings (SSSR count). The van der Waals surface area contributed by atoms with E-state index in [1.807, 2.05) is 12.1 Å². The number of ether oxygens (including phenoxy) is 1. The Labute approximate surface area is 189 Å². The van der Waals surface area contributed by atoms with Gasteiger partial charge in [0, 0.05) is 5.56 Å². The zero-order valence-corrected chi connectivity index (χ0v) is 18.8. The fraction of sp³-hybridized carbons (Fsp3) is 0.286. The second-order valence-electron chi connectivity index (χ2n) is 8.01. The molecule has 0 amide bonds. The summed E-state index contributed by atoms with van der Waals surface area (Å²) in [6.07, 6.45) is 6.30. The topological polar surface area (TPSA) is 52.3 Å². The van der Waals surface area contributed by atoms with E-state index < -0.39 is 0 Å². The molecule has 0 radical (unpaired) electrons. The van der Waals surface area contributed by atoms with Crippen LogP contribution in [0.25, 0.3) is 33.7 Å². The minimum absolute atomic E-state index is 0.342. The Morgan fingerprint density at radius 3 is 2.22 bits per heavy atom. The number of aromatic nitrogens is 1. The van der Waals surface area contributed by atoms with Crippen molar-refractivity contribution >= 4 is 17.1 Å². The summed E-state index contributed by atoms with van der Waals surface area (Å²) in [5.41, 5.74) is 6.42. The number of fused-ring (bicyclic) bond motifs is 1. The van der Waals surface area contributed by atoms with Gasteiger partial charge in [-0.25, -0.2) is 9.78 Å². The maximum atomic E-state index is 12.0. The quantitative estimate of drug-likeness (QED) is 0.205. The smallest absolute Gasteiger partial charge is 0.338 e. The molecule has 1 aromatic heterocycles. The van der Waals surface area contributed by atoms with E-state index in [2.05, 4.69) is 48.3 Å². The Kier molecular flexibility index (Phi) is 7.00. The highest BCUT2D eigenvalue weighted by Gasteiger charge is 2.12. The zero-order valence-electron chi connectivity index (χ0n) is 18.8. The van der Waals surface area contributed by atoms with E-state index in [1.54, 1.807) is 25.1 Å². The van der Waals surface area contributed by atoms with Crippen LogP contribution in [0.5, 0.6) is 0 Å². The van der Waals surface area contributed by atoms with Crippen molar-refractivity contribution in [1.29, 1.82) is 0 Å². The number of carbonyl (C=O) groups is 1. The van der Waals surface area contributed by atoms with E-state index in [1.165, 1.54) is 36.8 Å². The molecular weight excluding hydrogens is 398 g/mol. The Bertz CT molecular complexity index is 1170. The fourth-order valence-corrected chi connectivity index (χ4v) is 3.82. The molecule has 0 aliphatic rings. The molecule has 0 spiro atoms. The normalized spacial score (nSPS) is 11.1. The Balaban J connectivity index is 1.47. The first-order chi connectivity index (χ1) is 15.7. The molecule has 0 aliphatic carbocycles. The number of esters is 1. The van der Waals surface area contributed by atoms with Gasteiger partial charge in [0.1, 0.15) is 5.52 Å². The van der Waals surface area contributed by atoms with Gasteiger partial charge in [0.2, 0.25) is 5.89 Å². The lowest BCUT2D eigenvalue weighted by Gasteiger charge is -2.05. The lowest BCUT2D eigenvalue weighted by molar-refractivity contribution is 0.0526. The van der Waals surface area contributed by atoms with Crippen LogP contribution in [-0.4, -0.2) is 17.6 Å². The number of hydrogen-bond acceptors (Lipinski definition) is 4. The lowest BCUT2D eigenvalue weighted by atomic mass is 10.0. The molecule has 4 heteroatoms. The number of unbranched alkanes of at least 4 members (excludes halogenated alkanes) is 3. The molecule has 0 saturated carbocycles. The number of rotatable bonds is 9. The van der Waals surface area contributed by atoms with Crippen molar-refractivity contribution in [2.24, 2.45) is 0 Å². The van der Waals surface area contributed by atoms with Gasteiger partial charge >= 0.3 is 5.97 Å². The van der Waals surface area contributed by atoms with Crippen LogP contribution >= 0.6 is 0 Å². The predicted octanol–water partition coefficient (Wildman–Crippen LogP) is 7.46. The van der Waals surface area contributed by atoms with Crippen molar-refractivity contribution in [3.8, 4) is 22.6 Å². The average molecular weight is 428 g/mol. The van der Waals surface area contributed by atoms with E-state index >= 15 is 0 Å². The molecule has 164 valence electrons. The van der Waals surface area contributed by atoms with Crippen molar-refractivity contribution in [3.63, 3.8) is 0 Å². The summed E-state index contributed by atoms with van der Waals surface area (Å²) < 4.78 is 11.0. The number of hydrogen-bond donors (Lipinski definition) is 0. The summed E-state index contributed by atoms with van der Waals surface area (Å²) in [7, 11) is 0. The molecule has 4 aromatic rings. The summed E-state index contributed by atoms with van der Waals surface area (Å²) in [6.45, 7) is 4.37. The highest BCUT2D eigenvalue weighted by molar-refractivity contribution is 5.93. The first-order valence-electron chi connectivity index (χ1n) is 11.5. The monoisotopic (exact) mass is 427 g/mol.